The highest BCUT2D eigenvalue weighted by Gasteiger charge is 2.27. The number of carbonyl (C=O) groups excluding carboxylic acids is 3. The van der Waals surface area contributed by atoms with Crippen molar-refractivity contribution in [3.8, 4) is 0 Å². The molecule has 36 heavy (non-hydrogen) atoms. The van der Waals surface area contributed by atoms with E-state index < -0.39 is 0 Å². The zero-order valence-corrected chi connectivity index (χ0v) is 21.3. The third-order valence-electron chi connectivity index (χ3n) is 6.16. The van der Waals surface area contributed by atoms with Crippen molar-refractivity contribution in [2.75, 3.05) is 31.6 Å². The molecule has 3 N–H and O–H groups in total. The molecule has 0 bridgehead atoms. The number of carbonyl (C=O) groups is 3. The van der Waals surface area contributed by atoms with Crippen molar-refractivity contribution in [3.63, 3.8) is 0 Å². The number of nitrogens with one attached hydrogen (secondary N) is 3. The maximum atomic E-state index is 13.2. The largest absolute Gasteiger partial charge is 0.377 e. The van der Waals surface area contributed by atoms with Crippen molar-refractivity contribution in [1.82, 2.24) is 15.5 Å². The number of benzene rings is 2. The van der Waals surface area contributed by atoms with Gasteiger partial charge in [-0.25, -0.2) is 0 Å². The predicted molar refractivity (Wildman–Crippen MR) is 139 cm³/mol. The topological polar surface area (TPSA) is 112 Å². The zero-order valence-electron chi connectivity index (χ0n) is 20.6. The van der Waals surface area contributed by atoms with E-state index in [2.05, 4.69) is 20.9 Å². The SMILES string of the molecule is CC(C)c1cc(C(=O)NC2=NCCC(=O)N2)ccc1Nc1cccc(C(=O)N2CCOCC2C)c1Cl. The molecule has 190 valence electrons. The van der Waals surface area contributed by atoms with E-state index in [1.807, 2.05) is 26.8 Å². The second-order valence-electron chi connectivity index (χ2n) is 9.15. The first-order valence-electron chi connectivity index (χ1n) is 12.0. The Labute approximate surface area is 215 Å². The maximum absolute atomic E-state index is 13.2. The van der Waals surface area contributed by atoms with Crippen LogP contribution in [0.1, 0.15) is 59.4 Å². The van der Waals surface area contributed by atoms with Crippen LogP contribution in [0, 0.1) is 0 Å². The number of aliphatic imine (C=N–C) groups is 1. The van der Waals surface area contributed by atoms with Crippen LogP contribution in [-0.2, 0) is 9.53 Å². The Bertz CT molecular complexity index is 1210. The number of anilines is 2. The van der Waals surface area contributed by atoms with Gasteiger partial charge in [0.2, 0.25) is 11.9 Å². The van der Waals surface area contributed by atoms with Crippen LogP contribution < -0.4 is 16.0 Å². The second kappa shape index (κ2) is 11.1. The number of morpholine rings is 1. The van der Waals surface area contributed by atoms with Gasteiger partial charge in [0.05, 0.1) is 42.1 Å². The summed E-state index contributed by atoms with van der Waals surface area (Å²) in [5.74, 6) is -0.427. The lowest BCUT2D eigenvalue weighted by Crippen LogP contribution is -2.47. The number of amides is 3. The Kier molecular flexibility index (Phi) is 7.91. The van der Waals surface area contributed by atoms with Crippen LogP contribution >= 0.6 is 11.6 Å². The molecule has 2 aliphatic heterocycles. The predicted octanol–water partition coefficient (Wildman–Crippen LogP) is 3.67. The van der Waals surface area contributed by atoms with Crippen molar-refractivity contribution >= 4 is 46.7 Å². The summed E-state index contributed by atoms with van der Waals surface area (Å²) in [5, 5.41) is 8.89. The van der Waals surface area contributed by atoms with Crippen LogP contribution in [0.2, 0.25) is 5.02 Å². The van der Waals surface area contributed by atoms with E-state index in [0.29, 0.717) is 54.6 Å². The van der Waals surface area contributed by atoms with Crippen molar-refractivity contribution in [3.05, 3.63) is 58.1 Å². The molecule has 2 aromatic rings. The molecule has 3 amide bonds. The molecular weight excluding hydrogens is 482 g/mol. The van der Waals surface area contributed by atoms with Gasteiger partial charge in [0.15, 0.2) is 0 Å². The van der Waals surface area contributed by atoms with Crippen molar-refractivity contribution in [2.45, 2.75) is 39.2 Å². The monoisotopic (exact) mass is 511 g/mol. The van der Waals surface area contributed by atoms with E-state index in [1.54, 1.807) is 35.2 Å². The van der Waals surface area contributed by atoms with E-state index >= 15 is 0 Å². The number of guanidine groups is 1. The molecule has 1 unspecified atom stereocenters. The fraction of sp³-hybridized carbons (Fsp3) is 0.385. The van der Waals surface area contributed by atoms with Gasteiger partial charge < -0.3 is 15.0 Å². The number of hydrogen-bond donors (Lipinski definition) is 3. The molecule has 0 radical (unpaired) electrons. The Hall–Kier alpha value is -3.43. The lowest BCUT2D eigenvalue weighted by Gasteiger charge is -2.33. The summed E-state index contributed by atoms with van der Waals surface area (Å²) < 4.78 is 5.45. The molecule has 0 spiro atoms. The molecule has 1 atom stereocenters. The average Bonchev–Trinajstić information content (AvgIpc) is 2.85. The van der Waals surface area contributed by atoms with Crippen LogP contribution in [0.3, 0.4) is 0 Å². The Morgan fingerprint density at radius 2 is 2.03 bits per heavy atom. The summed E-state index contributed by atoms with van der Waals surface area (Å²) in [6.45, 7) is 7.86. The fourth-order valence-corrected chi connectivity index (χ4v) is 4.43. The number of halogens is 1. The van der Waals surface area contributed by atoms with Crippen LogP contribution in [-0.4, -0.2) is 60.9 Å². The average molecular weight is 512 g/mol. The minimum absolute atomic E-state index is 0.0296. The quantitative estimate of drug-likeness (QED) is 0.567. The molecule has 0 saturated carbocycles. The Morgan fingerprint density at radius 3 is 2.75 bits per heavy atom. The van der Waals surface area contributed by atoms with Crippen LogP contribution in [0.15, 0.2) is 41.4 Å². The summed E-state index contributed by atoms with van der Waals surface area (Å²) in [7, 11) is 0. The molecule has 9 nitrogen and oxygen atoms in total. The Morgan fingerprint density at radius 1 is 1.22 bits per heavy atom. The lowest BCUT2D eigenvalue weighted by atomic mass is 9.98. The van der Waals surface area contributed by atoms with Gasteiger partial charge in [-0.2, -0.15) is 0 Å². The highest BCUT2D eigenvalue weighted by molar-refractivity contribution is 6.36. The fourth-order valence-electron chi connectivity index (χ4n) is 4.17. The van der Waals surface area contributed by atoms with Crippen molar-refractivity contribution in [1.29, 1.82) is 0 Å². The Balaban J connectivity index is 1.56. The first-order chi connectivity index (χ1) is 17.2. The first kappa shape index (κ1) is 25.7. The van der Waals surface area contributed by atoms with Gasteiger partial charge in [-0.15, -0.1) is 0 Å². The van der Waals surface area contributed by atoms with E-state index in [1.165, 1.54) is 0 Å². The summed E-state index contributed by atoms with van der Waals surface area (Å²) in [6.07, 6.45) is 0.304. The second-order valence-corrected chi connectivity index (χ2v) is 9.53. The third-order valence-corrected chi connectivity index (χ3v) is 6.57. The molecule has 0 aliphatic carbocycles. The van der Waals surface area contributed by atoms with Gasteiger partial charge in [-0.3, -0.25) is 30.0 Å². The minimum atomic E-state index is -0.366. The molecule has 2 heterocycles. The lowest BCUT2D eigenvalue weighted by molar-refractivity contribution is -0.119. The van der Waals surface area contributed by atoms with Crippen molar-refractivity contribution in [2.24, 2.45) is 4.99 Å². The van der Waals surface area contributed by atoms with Crippen LogP contribution in [0.5, 0.6) is 0 Å². The molecule has 2 aromatic carbocycles. The summed E-state index contributed by atoms with van der Waals surface area (Å²) in [6, 6.07) is 10.6. The molecular formula is C26H30ClN5O4. The van der Waals surface area contributed by atoms with E-state index in [9.17, 15) is 14.4 Å². The summed E-state index contributed by atoms with van der Waals surface area (Å²) in [5.41, 5.74) is 3.13. The van der Waals surface area contributed by atoms with E-state index in [4.69, 9.17) is 16.3 Å². The number of nitrogens with zero attached hydrogens (tertiary/aromatic N) is 2. The molecule has 10 heteroatoms. The standard InChI is InChI=1S/C26H30ClN5O4/c1-15(2)19-13-17(24(34)31-26-28-10-9-22(33)30-26)7-8-20(19)29-21-6-4-5-18(23(21)27)25(35)32-11-12-36-14-16(32)3/h4-8,13,15-16,29H,9-12,14H2,1-3H3,(H2,28,30,31,33,34). The van der Waals surface area contributed by atoms with Crippen LogP contribution in [0.25, 0.3) is 0 Å². The summed E-state index contributed by atoms with van der Waals surface area (Å²) >= 11 is 6.70. The molecule has 1 fully saturated rings. The number of rotatable bonds is 5. The van der Waals surface area contributed by atoms with Gasteiger partial charge in [0, 0.05) is 24.2 Å². The van der Waals surface area contributed by atoms with Gasteiger partial charge in [-0.05, 0) is 48.7 Å². The molecule has 1 saturated heterocycles. The maximum Gasteiger partial charge on any atom is 0.257 e. The highest BCUT2D eigenvalue weighted by Crippen LogP contribution is 2.34. The first-order valence-corrected chi connectivity index (χ1v) is 12.4. The van der Waals surface area contributed by atoms with Gasteiger partial charge >= 0.3 is 0 Å². The van der Waals surface area contributed by atoms with Gasteiger partial charge in [-0.1, -0.05) is 31.5 Å². The number of ether oxygens (including phenoxy) is 1. The molecule has 0 aromatic heterocycles. The minimum Gasteiger partial charge on any atom is -0.377 e. The molecule has 2 aliphatic rings. The normalized spacial score (nSPS) is 17.9. The van der Waals surface area contributed by atoms with Gasteiger partial charge in [0.25, 0.3) is 11.8 Å². The van der Waals surface area contributed by atoms with Crippen molar-refractivity contribution < 1.29 is 19.1 Å². The van der Waals surface area contributed by atoms with Gasteiger partial charge in [0.1, 0.15) is 0 Å². The third kappa shape index (κ3) is 5.68. The smallest absolute Gasteiger partial charge is 0.257 e. The summed E-state index contributed by atoms with van der Waals surface area (Å²) in [4.78, 5) is 43.4. The highest BCUT2D eigenvalue weighted by atomic mass is 35.5. The zero-order chi connectivity index (χ0) is 25.8. The van der Waals surface area contributed by atoms with E-state index in [0.717, 1.165) is 11.3 Å². The number of hydrogen-bond acceptors (Lipinski definition) is 6. The van der Waals surface area contributed by atoms with E-state index in [-0.39, 0.29) is 35.6 Å². The molecule has 4 rings (SSSR count). The van der Waals surface area contributed by atoms with Crippen LogP contribution in [0.4, 0.5) is 11.4 Å².